The maximum atomic E-state index is 11.7. The van der Waals surface area contributed by atoms with Gasteiger partial charge in [-0.3, -0.25) is 9.69 Å². The summed E-state index contributed by atoms with van der Waals surface area (Å²) < 4.78 is 0. The number of unbranched alkanes of at least 4 members (excludes halogenated alkanes) is 1. The standard InChI is InChI=1S/C18H27BN2O2/c19-11-5-4-10-18(20,17(22)23)16-8-12-21(13-9-16)14-15-6-2-1-3-7-15/h1-3,6-7,16H,4-5,8-14,20H2,(H,22,23)/t18-/m0/s1. The molecule has 1 fully saturated rings. The molecule has 1 aliphatic rings. The third-order valence-corrected chi connectivity index (χ3v) is 5.01. The monoisotopic (exact) mass is 314 g/mol. The summed E-state index contributed by atoms with van der Waals surface area (Å²) in [5.74, 6) is -0.819. The highest BCUT2D eigenvalue weighted by Gasteiger charge is 2.42. The van der Waals surface area contributed by atoms with Gasteiger partial charge in [0.15, 0.2) is 0 Å². The highest BCUT2D eigenvalue weighted by molar-refractivity contribution is 6.08. The van der Waals surface area contributed by atoms with Crippen LogP contribution >= 0.6 is 0 Å². The molecule has 1 aromatic carbocycles. The fourth-order valence-corrected chi connectivity index (χ4v) is 3.50. The second-order valence-corrected chi connectivity index (χ2v) is 6.63. The van der Waals surface area contributed by atoms with E-state index < -0.39 is 11.5 Å². The SMILES string of the molecule is [B]CCCC[C@@](N)(C(=O)O)C1CCN(Cc2ccccc2)CC1. The maximum Gasteiger partial charge on any atom is 0.323 e. The molecule has 2 rings (SSSR count). The van der Waals surface area contributed by atoms with E-state index in [1.54, 1.807) is 0 Å². The molecular weight excluding hydrogens is 287 g/mol. The molecule has 1 atom stereocenters. The van der Waals surface area contributed by atoms with E-state index in [9.17, 15) is 9.90 Å². The molecule has 0 spiro atoms. The highest BCUT2D eigenvalue weighted by Crippen LogP contribution is 2.31. The summed E-state index contributed by atoms with van der Waals surface area (Å²) in [6, 6.07) is 10.4. The molecule has 1 aromatic rings. The molecule has 0 aromatic heterocycles. The minimum Gasteiger partial charge on any atom is -0.480 e. The van der Waals surface area contributed by atoms with E-state index in [1.165, 1.54) is 5.56 Å². The van der Waals surface area contributed by atoms with Gasteiger partial charge in [0.05, 0.1) is 7.85 Å². The van der Waals surface area contributed by atoms with Crippen molar-refractivity contribution < 1.29 is 9.90 Å². The smallest absolute Gasteiger partial charge is 0.323 e. The van der Waals surface area contributed by atoms with Crippen molar-refractivity contribution in [3.63, 3.8) is 0 Å². The quantitative estimate of drug-likeness (QED) is 0.571. The number of hydrogen-bond donors (Lipinski definition) is 2. The van der Waals surface area contributed by atoms with Crippen molar-refractivity contribution in [1.82, 2.24) is 4.90 Å². The van der Waals surface area contributed by atoms with Gasteiger partial charge in [-0.2, -0.15) is 0 Å². The third kappa shape index (κ3) is 4.82. The molecule has 0 amide bonds. The van der Waals surface area contributed by atoms with E-state index in [2.05, 4.69) is 29.2 Å². The second kappa shape index (κ2) is 8.51. The maximum absolute atomic E-state index is 11.7. The predicted molar refractivity (Wildman–Crippen MR) is 93.4 cm³/mol. The van der Waals surface area contributed by atoms with Crippen LogP contribution in [0.3, 0.4) is 0 Å². The average molecular weight is 314 g/mol. The van der Waals surface area contributed by atoms with Crippen molar-refractivity contribution in [2.45, 2.75) is 50.5 Å². The lowest BCUT2D eigenvalue weighted by Crippen LogP contribution is -2.56. The molecule has 1 aliphatic heterocycles. The van der Waals surface area contributed by atoms with Crippen LogP contribution < -0.4 is 5.73 Å². The van der Waals surface area contributed by atoms with Crippen molar-refractivity contribution >= 4 is 13.8 Å². The Hall–Kier alpha value is -1.33. The predicted octanol–water partition coefficient (Wildman–Crippen LogP) is 2.44. The zero-order valence-electron chi connectivity index (χ0n) is 13.8. The number of likely N-dealkylation sites (tertiary alicyclic amines) is 1. The molecular formula is C18H27BN2O2. The Balaban J connectivity index is 1.89. The largest absolute Gasteiger partial charge is 0.480 e. The number of carboxylic acids is 1. The second-order valence-electron chi connectivity index (χ2n) is 6.63. The van der Waals surface area contributed by atoms with Crippen LogP contribution in [0.25, 0.3) is 0 Å². The van der Waals surface area contributed by atoms with Gasteiger partial charge in [-0.15, -0.1) is 0 Å². The van der Waals surface area contributed by atoms with Crippen molar-refractivity contribution in [1.29, 1.82) is 0 Å². The zero-order chi connectivity index (χ0) is 16.7. The molecule has 2 radical (unpaired) electrons. The molecule has 5 heteroatoms. The lowest BCUT2D eigenvalue weighted by Gasteiger charge is -2.40. The summed E-state index contributed by atoms with van der Waals surface area (Å²) in [4.78, 5) is 14.1. The Morgan fingerprint density at radius 1 is 1.26 bits per heavy atom. The number of aliphatic carboxylic acids is 1. The summed E-state index contributed by atoms with van der Waals surface area (Å²) >= 11 is 0. The van der Waals surface area contributed by atoms with Gasteiger partial charge in [0.2, 0.25) is 0 Å². The molecule has 0 aliphatic carbocycles. The van der Waals surface area contributed by atoms with Crippen LogP contribution in [0.4, 0.5) is 0 Å². The summed E-state index contributed by atoms with van der Waals surface area (Å²) in [6.07, 6.45) is 4.41. The first-order valence-corrected chi connectivity index (χ1v) is 8.55. The van der Waals surface area contributed by atoms with Gasteiger partial charge >= 0.3 is 5.97 Å². The molecule has 0 bridgehead atoms. The first kappa shape index (κ1) is 18.0. The Morgan fingerprint density at radius 3 is 2.48 bits per heavy atom. The Labute approximate surface area is 140 Å². The number of nitrogens with zero attached hydrogens (tertiary/aromatic N) is 1. The summed E-state index contributed by atoms with van der Waals surface area (Å²) in [7, 11) is 5.51. The number of carboxylic acid groups (broad SMARTS) is 1. The average Bonchev–Trinajstić information content (AvgIpc) is 2.56. The van der Waals surface area contributed by atoms with E-state index in [0.29, 0.717) is 12.7 Å². The van der Waals surface area contributed by atoms with Crippen molar-refractivity contribution in [2.24, 2.45) is 11.7 Å². The van der Waals surface area contributed by atoms with Gasteiger partial charge < -0.3 is 10.8 Å². The van der Waals surface area contributed by atoms with E-state index in [1.807, 2.05) is 6.07 Å². The van der Waals surface area contributed by atoms with Crippen LogP contribution in [-0.2, 0) is 11.3 Å². The first-order chi connectivity index (χ1) is 11.1. The number of nitrogens with two attached hydrogens (primary N) is 1. The molecule has 1 heterocycles. The number of piperidine rings is 1. The van der Waals surface area contributed by atoms with E-state index >= 15 is 0 Å². The zero-order valence-corrected chi connectivity index (χ0v) is 13.8. The van der Waals surface area contributed by atoms with Gasteiger partial charge in [0.25, 0.3) is 0 Å². The first-order valence-electron chi connectivity index (χ1n) is 8.55. The van der Waals surface area contributed by atoms with Crippen molar-refractivity contribution in [3.05, 3.63) is 35.9 Å². The highest BCUT2D eigenvalue weighted by atomic mass is 16.4. The topological polar surface area (TPSA) is 66.6 Å². The van der Waals surface area contributed by atoms with E-state index in [0.717, 1.165) is 45.3 Å². The lowest BCUT2D eigenvalue weighted by molar-refractivity contribution is -0.147. The number of benzene rings is 1. The molecule has 4 nitrogen and oxygen atoms in total. The number of rotatable bonds is 8. The van der Waals surface area contributed by atoms with Crippen LogP contribution in [0.1, 0.15) is 37.7 Å². The van der Waals surface area contributed by atoms with Crippen LogP contribution in [0.5, 0.6) is 0 Å². The number of carbonyl (C=O) groups is 1. The molecule has 0 saturated carbocycles. The van der Waals surface area contributed by atoms with Gasteiger partial charge in [-0.25, -0.2) is 0 Å². The van der Waals surface area contributed by atoms with Crippen LogP contribution in [0.2, 0.25) is 6.32 Å². The van der Waals surface area contributed by atoms with Crippen molar-refractivity contribution in [3.8, 4) is 0 Å². The Kier molecular flexibility index (Phi) is 6.66. The lowest BCUT2D eigenvalue weighted by atomic mass is 9.75. The number of hydrogen-bond acceptors (Lipinski definition) is 3. The summed E-state index contributed by atoms with van der Waals surface area (Å²) in [5.41, 5.74) is 6.49. The summed E-state index contributed by atoms with van der Waals surface area (Å²) in [6.45, 7) is 2.73. The minimum absolute atomic E-state index is 0.0461. The Morgan fingerprint density at radius 2 is 1.91 bits per heavy atom. The molecule has 0 unspecified atom stereocenters. The summed E-state index contributed by atoms with van der Waals surface area (Å²) in [5, 5.41) is 9.62. The van der Waals surface area contributed by atoms with E-state index in [-0.39, 0.29) is 5.92 Å². The van der Waals surface area contributed by atoms with E-state index in [4.69, 9.17) is 13.6 Å². The normalized spacial score (nSPS) is 19.3. The van der Waals surface area contributed by atoms with Gasteiger partial charge in [0.1, 0.15) is 5.54 Å². The van der Waals surface area contributed by atoms with Crippen molar-refractivity contribution in [2.75, 3.05) is 13.1 Å². The van der Waals surface area contributed by atoms with Crippen LogP contribution in [-0.4, -0.2) is 42.5 Å². The minimum atomic E-state index is -1.10. The fraction of sp³-hybridized carbons (Fsp3) is 0.611. The van der Waals surface area contributed by atoms with Crippen LogP contribution in [0, 0.1) is 5.92 Å². The van der Waals surface area contributed by atoms with Gasteiger partial charge in [-0.05, 0) is 43.8 Å². The molecule has 124 valence electrons. The Bertz CT molecular complexity index is 489. The van der Waals surface area contributed by atoms with Gasteiger partial charge in [-0.1, -0.05) is 49.5 Å². The van der Waals surface area contributed by atoms with Crippen LogP contribution in [0.15, 0.2) is 30.3 Å². The van der Waals surface area contributed by atoms with Gasteiger partial charge in [0, 0.05) is 6.54 Å². The third-order valence-electron chi connectivity index (χ3n) is 5.01. The molecule has 3 N–H and O–H groups in total. The molecule has 23 heavy (non-hydrogen) atoms. The fourth-order valence-electron chi connectivity index (χ4n) is 3.50. The molecule has 1 saturated heterocycles.